The fraction of sp³-hybridized carbons (Fsp3) is 0.500. The summed E-state index contributed by atoms with van der Waals surface area (Å²) in [5, 5.41) is 3.47. The van der Waals surface area contributed by atoms with Gasteiger partial charge in [0.05, 0.1) is 0 Å². The van der Waals surface area contributed by atoms with Crippen LogP contribution in [0.3, 0.4) is 0 Å². The number of aryl methyl sites for hydroxylation is 1. The van der Waals surface area contributed by atoms with E-state index < -0.39 is 0 Å². The molecule has 0 spiro atoms. The van der Waals surface area contributed by atoms with Gasteiger partial charge in [-0.25, -0.2) is 0 Å². The topological polar surface area (TPSA) is 12.0 Å². The number of fused-ring (bicyclic) bond motifs is 1. The summed E-state index contributed by atoms with van der Waals surface area (Å²) < 4.78 is 0. The Kier molecular flexibility index (Phi) is 1.83. The Morgan fingerprint density at radius 3 is 2.92 bits per heavy atom. The van der Waals surface area contributed by atoms with E-state index in [-0.39, 0.29) is 0 Å². The van der Waals surface area contributed by atoms with Gasteiger partial charge in [-0.05, 0) is 25.0 Å². The molecule has 0 aromatic heterocycles. The van der Waals surface area contributed by atoms with Crippen molar-refractivity contribution in [3.63, 3.8) is 0 Å². The lowest BCUT2D eigenvalue weighted by molar-refractivity contribution is 0.504. The van der Waals surface area contributed by atoms with Gasteiger partial charge in [0.2, 0.25) is 0 Å². The van der Waals surface area contributed by atoms with E-state index in [1.165, 1.54) is 23.2 Å². The first-order valence-corrected chi connectivity index (χ1v) is 5.01. The number of rotatable bonds is 1. The van der Waals surface area contributed by atoms with Gasteiger partial charge in [0.25, 0.3) is 0 Å². The molecule has 0 fully saturated rings. The molecule has 0 amide bonds. The summed E-state index contributed by atoms with van der Waals surface area (Å²) in [6.07, 6.45) is 1.20. The highest BCUT2D eigenvalue weighted by molar-refractivity contribution is 5.61. The minimum absolute atomic E-state index is 0.349. The molecule has 0 saturated carbocycles. The molecule has 13 heavy (non-hydrogen) atoms. The first kappa shape index (κ1) is 8.61. The predicted molar refractivity (Wildman–Crippen MR) is 57.3 cm³/mol. The summed E-state index contributed by atoms with van der Waals surface area (Å²) in [6, 6.07) is 6.69. The van der Waals surface area contributed by atoms with Gasteiger partial charge in [0, 0.05) is 17.6 Å². The van der Waals surface area contributed by atoms with Gasteiger partial charge in [0.1, 0.15) is 0 Å². The smallest absolute Gasteiger partial charge is 0.0379 e. The Labute approximate surface area is 80.2 Å². The van der Waals surface area contributed by atoms with E-state index in [9.17, 15) is 0 Å². The Morgan fingerprint density at radius 1 is 1.46 bits per heavy atom. The highest BCUT2D eigenvalue weighted by Gasteiger charge is 2.32. The summed E-state index contributed by atoms with van der Waals surface area (Å²) in [7, 11) is 0. The number of hydrogen-bond acceptors (Lipinski definition) is 1. The molecule has 1 aliphatic rings. The summed E-state index contributed by atoms with van der Waals surface area (Å²) in [6.45, 7) is 7.85. The molecule has 0 unspecified atom stereocenters. The van der Waals surface area contributed by atoms with Crippen LogP contribution in [-0.4, -0.2) is 6.54 Å². The van der Waals surface area contributed by atoms with E-state index in [1.54, 1.807) is 0 Å². The zero-order chi connectivity index (χ0) is 9.47. The number of anilines is 1. The Balaban J connectivity index is 2.52. The van der Waals surface area contributed by atoms with Gasteiger partial charge in [-0.1, -0.05) is 31.5 Å². The van der Waals surface area contributed by atoms with Gasteiger partial charge < -0.3 is 5.32 Å². The summed E-state index contributed by atoms with van der Waals surface area (Å²) in [5.41, 5.74) is 4.54. The molecule has 1 heteroatoms. The maximum Gasteiger partial charge on any atom is 0.0379 e. The van der Waals surface area contributed by atoms with Gasteiger partial charge >= 0.3 is 0 Å². The summed E-state index contributed by atoms with van der Waals surface area (Å²) >= 11 is 0. The molecule has 1 aliphatic heterocycles. The van der Waals surface area contributed by atoms with Crippen LogP contribution in [0.2, 0.25) is 0 Å². The minimum atomic E-state index is 0.349. The maximum atomic E-state index is 3.47. The first-order chi connectivity index (χ1) is 6.15. The van der Waals surface area contributed by atoms with Crippen molar-refractivity contribution in [2.45, 2.75) is 32.6 Å². The van der Waals surface area contributed by atoms with Crippen molar-refractivity contribution < 1.29 is 0 Å². The highest BCUT2D eigenvalue weighted by Crippen LogP contribution is 2.39. The van der Waals surface area contributed by atoms with Crippen molar-refractivity contribution in [2.24, 2.45) is 0 Å². The van der Waals surface area contributed by atoms with Crippen molar-refractivity contribution >= 4 is 5.69 Å². The van der Waals surface area contributed by atoms with E-state index in [0.29, 0.717) is 5.41 Å². The zero-order valence-corrected chi connectivity index (χ0v) is 8.65. The van der Waals surface area contributed by atoms with E-state index in [1.807, 2.05) is 0 Å². The Hall–Kier alpha value is -0.980. The lowest BCUT2D eigenvalue weighted by atomic mass is 9.81. The molecule has 1 aromatic carbocycles. The van der Waals surface area contributed by atoms with Crippen LogP contribution in [0.5, 0.6) is 0 Å². The van der Waals surface area contributed by atoms with Gasteiger partial charge in [-0.2, -0.15) is 0 Å². The van der Waals surface area contributed by atoms with Crippen molar-refractivity contribution in [1.29, 1.82) is 0 Å². The zero-order valence-electron chi connectivity index (χ0n) is 8.65. The average molecular weight is 175 g/mol. The third-order valence-electron chi connectivity index (χ3n) is 3.27. The number of nitrogens with one attached hydrogen (secondary N) is 1. The fourth-order valence-corrected chi connectivity index (χ4v) is 2.01. The second-order valence-electron chi connectivity index (χ2n) is 4.32. The number of benzene rings is 1. The quantitative estimate of drug-likeness (QED) is 0.691. The van der Waals surface area contributed by atoms with Crippen molar-refractivity contribution in [1.82, 2.24) is 0 Å². The van der Waals surface area contributed by atoms with E-state index in [2.05, 4.69) is 44.3 Å². The maximum absolute atomic E-state index is 3.47. The molecule has 1 atom stereocenters. The molecule has 1 aromatic rings. The molecular weight excluding hydrogens is 158 g/mol. The molecule has 1 nitrogen and oxygen atoms in total. The van der Waals surface area contributed by atoms with Gasteiger partial charge in [-0.15, -0.1) is 0 Å². The molecule has 1 N–H and O–H groups in total. The minimum Gasteiger partial charge on any atom is -0.384 e. The van der Waals surface area contributed by atoms with Crippen LogP contribution in [0, 0.1) is 6.92 Å². The third-order valence-corrected chi connectivity index (χ3v) is 3.27. The summed E-state index contributed by atoms with van der Waals surface area (Å²) in [5.74, 6) is 0. The van der Waals surface area contributed by atoms with E-state index in [4.69, 9.17) is 0 Å². The van der Waals surface area contributed by atoms with Crippen LogP contribution in [0.4, 0.5) is 5.69 Å². The monoisotopic (exact) mass is 175 g/mol. The van der Waals surface area contributed by atoms with Crippen molar-refractivity contribution in [2.75, 3.05) is 11.9 Å². The van der Waals surface area contributed by atoms with Crippen molar-refractivity contribution in [3.8, 4) is 0 Å². The number of hydrogen-bond donors (Lipinski definition) is 1. The van der Waals surface area contributed by atoms with Crippen LogP contribution in [0.1, 0.15) is 31.4 Å². The lowest BCUT2D eigenvalue weighted by Gasteiger charge is -2.21. The lowest BCUT2D eigenvalue weighted by Crippen LogP contribution is -2.22. The van der Waals surface area contributed by atoms with Crippen LogP contribution >= 0.6 is 0 Å². The van der Waals surface area contributed by atoms with Crippen LogP contribution in [0.25, 0.3) is 0 Å². The molecule has 0 aliphatic carbocycles. The molecule has 70 valence electrons. The first-order valence-electron chi connectivity index (χ1n) is 5.01. The second kappa shape index (κ2) is 2.76. The standard InChI is InChI=1S/C12H17N/c1-4-12(3)8-13-11-6-5-9(2)7-10(11)12/h5-7,13H,4,8H2,1-3H3/t12-/m1/s1. The van der Waals surface area contributed by atoms with Crippen molar-refractivity contribution in [3.05, 3.63) is 29.3 Å². The van der Waals surface area contributed by atoms with Crippen LogP contribution < -0.4 is 5.32 Å². The molecular formula is C12H17N. The molecule has 0 bridgehead atoms. The third kappa shape index (κ3) is 1.23. The SMILES string of the molecule is CC[C@]1(C)CNc2ccc(C)cc21. The Bertz CT molecular complexity index is 330. The normalized spacial score (nSPS) is 25.5. The average Bonchev–Trinajstić information content (AvgIpc) is 2.45. The summed E-state index contributed by atoms with van der Waals surface area (Å²) in [4.78, 5) is 0. The van der Waals surface area contributed by atoms with Crippen LogP contribution in [-0.2, 0) is 5.41 Å². The van der Waals surface area contributed by atoms with Gasteiger partial charge in [0.15, 0.2) is 0 Å². The largest absolute Gasteiger partial charge is 0.384 e. The Morgan fingerprint density at radius 2 is 2.23 bits per heavy atom. The predicted octanol–water partition coefficient (Wildman–Crippen LogP) is 3.09. The van der Waals surface area contributed by atoms with Gasteiger partial charge in [-0.3, -0.25) is 0 Å². The van der Waals surface area contributed by atoms with E-state index >= 15 is 0 Å². The molecule has 2 rings (SSSR count). The second-order valence-corrected chi connectivity index (χ2v) is 4.32. The van der Waals surface area contributed by atoms with E-state index in [0.717, 1.165) is 6.54 Å². The highest BCUT2D eigenvalue weighted by atomic mass is 14.9. The molecule has 1 heterocycles. The molecule has 0 radical (unpaired) electrons. The van der Waals surface area contributed by atoms with Crippen LogP contribution in [0.15, 0.2) is 18.2 Å². The fourth-order valence-electron chi connectivity index (χ4n) is 2.01. The molecule has 0 saturated heterocycles.